The highest BCUT2D eigenvalue weighted by Crippen LogP contribution is 2.06. The SMILES string of the molecule is CCNC(=O)C(C)NCc1ccn(-c2ccccc2)n1. The first kappa shape index (κ1) is 14.3. The van der Waals surface area contributed by atoms with E-state index in [1.165, 1.54) is 0 Å². The van der Waals surface area contributed by atoms with Gasteiger partial charge in [-0.2, -0.15) is 5.10 Å². The molecule has 0 saturated heterocycles. The van der Waals surface area contributed by atoms with E-state index in [2.05, 4.69) is 15.7 Å². The van der Waals surface area contributed by atoms with Gasteiger partial charge in [-0.25, -0.2) is 4.68 Å². The second-order valence-electron chi connectivity index (χ2n) is 4.58. The number of para-hydroxylation sites is 1. The average molecular weight is 272 g/mol. The van der Waals surface area contributed by atoms with Crippen LogP contribution in [0.5, 0.6) is 0 Å². The first-order chi connectivity index (χ1) is 9.70. The minimum atomic E-state index is -0.225. The highest BCUT2D eigenvalue weighted by Gasteiger charge is 2.11. The van der Waals surface area contributed by atoms with Crippen LogP contribution in [0.1, 0.15) is 19.5 Å². The lowest BCUT2D eigenvalue weighted by Gasteiger charge is -2.11. The summed E-state index contributed by atoms with van der Waals surface area (Å²) in [6.45, 7) is 4.97. The molecule has 0 saturated carbocycles. The maximum absolute atomic E-state index is 11.6. The van der Waals surface area contributed by atoms with Crippen LogP contribution in [0.15, 0.2) is 42.6 Å². The van der Waals surface area contributed by atoms with Crippen molar-refractivity contribution in [2.75, 3.05) is 6.54 Å². The number of likely N-dealkylation sites (N-methyl/N-ethyl adjacent to an activating group) is 1. The summed E-state index contributed by atoms with van der Waals surface area (Å²) in [5.74, 6) is 0.00925. The minimum Gasteiger partial charge on any atom is -0.355 e. The Morgan fingerprint density at radius 3 is 2.75 bits per heavy atom. The van der Waals surface area contributed by atoms with Crippen LogP contribution in [0.25, 0.3) is 5.69 Å². The van der Waals surface area contributed by atoms with Crippen LogP contribution in [0, 0.1) is 0 Å². The predicted molar refractivity (Wildman–Crippen MR) is 78.5 cm³/mol. The Labute approximate surface area is 119 Å². The topological polar surface area (TPSA) is 59.0 Å². The molecule has 0 aliphatic heterocycles. The molecule has 5 heteroatoms. The van der Waals surface area contributed by atoms with Gasteiger partial charge in [0.1, 0.15) is 0 Å². The molecule has 0 spiro atoms. The summed E-state index contributed by atoms with van der Waals surface area (Å²) >= 11 is 0. The molecule has 2 N–H and O–H groups in total. The van der Waals surface area contributed by atoms with E-state index in [0.29, 0.717) is 13.1 Å². The molecule has 0 fully saturated rings. The van der Waals surface area contributed by atoms with Gasteiger partial charge in [0.05, 0.1) is 17.4 Å². The van der Waals surface area contributed by atoms with E-state index in [4.69, 9.17) is 0 Å². The number of hydrogen-bond donors (Lipinski definition) is 2. The predicted octanol–water partition coefficient (Wildman–Crippen LogP) is 1.49. The van der Waals surface area contributed by atoms with Gasteiger partial charge in [-0.15, -0.1) is 0 Å². The molecule has 1 unspecified atom stereocenters. The van der Waals surface area contributed by atoms with Crippen molar-refractivity contribution in [1.29, 1.82) is 0 Å². The Hall–Kier alpha value is -2.14. The fourth-order valence-electron chi connectivity index (χ4n) is 1.86. The van der Waals surface area contributed by atoms with Crippen LogP contribution in [0.2, 0.25) is 0 Å². The molecule has 2 rings (SSSR count). The summed E-state index contributed by atoms with van der Waals surface area (Å²) in [5, 5.41) is 10.4. The third kappa shape index (κ3) is 3.68. The Morgan fingerprint density at radius 2 is 2.05 bits per heavy atom. The lowest BCUT2D eigenvalue weighted by molar-refractivity contribution is -0.122. The Balaban J connectivity index is 1.92. The van der Waals surface area contributed by atoms with Crippen molar-refractivity contribution in [2.24, 2.45) is 0 Å². The quantitative estimate of drug-likeness (QED) is 0.837. The lowest BCUT2D eigenvalue weighted by Crippen LogP contribution is -2.41. The van der Waals surface area contributed by atoms with Crippen LogP contribution in [0.3, 0.4) is 0 Å². The molecule has 2 aromatic rings. The second kappa shape index (κ2) is 6.86. The molecule has 1 atom stereocenters. The van der Waals surface area contributed by atoms with Crippen LogP contribution in [-0.4, -0.2) is 28.3 Å². The first-order valence-electron chi connectivity index (χ1n) is 6.81. The van der Waals surface area contributed by atoms with E-state index < -0.39 is 0 Å². The highest BCUT2D eigenvalue weighted by molar-refractivity contribution is 5.81. The van der Waals surface area contributed by atoms with Crippen molar-refractivity contribution in [3.8, 4) is 5.69 Å². The average Bonchev–Trinajstić information content (AvgIpc) is 2.95. The van der Waals surface area contributed by atoms with Crippen molar-refractivity contribution in [2.45, 2.75) is 26.4 Å². The Morgan fingerprint density at radius 1 is 1.30 bits per heavy atom. The Bertz CT molecular complexity index is 550. The molecule has 1 aromatic carbocycles. The van der Waals surface area contributed by atoms with Crippen LogP contribution in [-0.2, 0) is 11.3 Å². The van der Waals surface area contributed by atoms with Gasteiger partial charge in [0.2, 0.25) is 5.91 Å². The van der Waals surface area contributed by atoms with E-state index in [9.17, 15) is 4.79 Å². The second-order valence-corrected chi connectivity index (χ2v) is 4.58. The number of carbonyl (C=O) groups is 1. The number of carbonyl (C=O) groups excluding carboxylic acids is 1. The fourth-order valence-corrected chi connectivity index (χ4v) is 1.86. The van der Waals surface area contributed by atoms with Gasteiger partial charge in [0.25, 0.3) is 0 Å². The monoisotopic (exact) mass is 272 g/mol. The number of amides is 1. The van der Waals surface area contributed by atoms with Gasteiger partial charge in [0.15, 0.2) is 0 Å². The van der Waals surface area contributed by atoms with E-state index in [1.807, 2.05) is 61.1 Å². The van der Waals surface area contributed by atoms with Crippen molar-refractivity contribution in [1.82, 2.24) is 20.4 Å². The summed E-state index contributed by atoms with van der Waals surface area (Å²) in [5.41, 5.74) is 1.93. The van der Waals surface area contributed by atoms with E-state index in [0.717, 1.165) is 11.4 Å². The molecule has 1 amide bonds. The number of nitrogens with one attached hydrogen (secondary N) is 2. The summed E-state index contributed by atoms with van der Waals surface area (Å²) < 4.78 is 1.83. The van der Waals surface area contributed by atoms with Gasteiger partial charge in [-0.1, -0.05) is 18.2 Å². The van der Waals surface area contributed by atoms with Crippen LogP contribution >= 0.6 is 0 Å². The molecule has 0 radical (unpaired) electrons. The standard InChI is InChI=1S/C15H20N4O/c1-3-16-15(20)12(2)17-11-13-9-10-19(18-13)14-7-5-4-6-8-14/h4-10,12,17H,3,11H2,1-2H3,(H,16,20). The molecule has 5 nitrogen and oxygen atoms in total. The Kier molecular flexibility index (Phi) is 4.90. The summed E-state index contributed by atoms with van der Waals surface area (Å²) in [4.78, 5) is 11.6. The lowest BCUT2D eigenvalue weighted by atomic mass is 10.3. The van der Waals surface area contributed by atoms with Crippen molar-refractivity contribution in [3.05, 3.63) is 48.3 Å². The van der Waals surface area contributed by atoms with Gasteiger partial charge >= 0.3 is 0 Å². The molecular weight excluding hydrogens is 252 g/mol. The number of hydrogen-bond acceptors (Lipinski definition) is 3. The molecule has 20 heavy (non-hydrogen) atoms. The number of benzene rings is 1. The number of nitrogens with zero attached hydrogens (tertiary/aromatic N) is 2. The van der Waals surface area contributed by atoms with Gasteiger partial charge in [-0.3, -0.25) is 4.79 Å². The van der Waals surface area contributed by atoms with Gasteiger partial charge in [-0.05, 0) is 32.0 Å². The third-order valence-corrected chi connectivity index (χ3v) is 3.00. The smallest absolute Gasteiger partial charge is 0.236 e. The van der Waals surface area contributed by atoms with Crippen LogP contribution < -0.4 is 10.6 Å². The van der Waals surface area contributed by atoms with Crippen LogP contribution in [0.4, 0.5) is 0 Å². The molecular formula is C15H20N4O. The minimum absolute atomic E-state index is 0.00925. The first-order valence-corrected chi connectivity index (χ1v) is 6.81. The van der Waals surface area contributed by atoms with E-state index in [1.54, 1.807) is 0 Å². The zero-order valence-corrected chi connectivity index (χ0v) is 11.8. The molecule has 1 aromatic heterocycles. The summed E-state index contributed by atoms with van der Waals surface area (Å²) in [6.07, 6.45) is 1.92. The maximum Gasteiger partial charge on any atom is 0.236 e. The van der Waals surface area contributed by atoms with Gasteiger partial charge in [0, 0.05) is 19.3 Å². The summed E-state index contributed by atoms with van der Waals surface area (Å²) in [6, 6.07) is 11.7. The fraction of sp³-hybridized carbons (Fsp3) is 0.333. The van der Waals surface area contributed by atoms with E-state index >= 15 is 0 Å². The van der Waals surface area contributed by atoms with Crippen molar-refractivity contribution < 1.29 is 4.79 Å². The number of rotatable bonds is 6. The largest absolute Gasteiger partial charge is 0.355 e. The zero-order valence-electron chi connectivity index (χ0n) is 11.8. The van der Waals surface area contributed by atoms with Crippen molar-refractivity contribution in [3.63, 3.8) is 0 Å². The number of aromatic nitrogens is 2. The highest BCUT2D eigenvalue weighted by atomic mass is 16.2. The molecule has 0 aliphatic carbocycles. The summed E-state index contributed by atoms with van der Waals surface area (Å²) in [7, 11) is 0. The van der Waals surface area contributed by atoms with E-state index in [-0.39, 0.29) is 11.9 Å². The molecule has 0 bridgehead atoms. The van der Waals surface area contributed by atoms with Gasteiger partial charge < -0.3 is 10.6 Å². The molecule has 1 heterocycles. The van der Waals surface area contributed by atoms with Crippen molar-refractivity contribution >= 4 is 5.91 Å². The normalized spacial score (nSPS) is 12.1. The zero-order chi connectivity index (χ0) is 14.4. The molecule has 0 aliphatic rings. The maximum atomic E-state index is 11.6. The molecule has 106 valence electrons. The third-order valence-electron chi connectivity index (χ3n) is 3.00.